The molecule has 2 aliphatic heterocycles. The molecule has 7 nitrogen and oxygen atoms in total. The van der Waals surface area contributed by atoms with Gasteiger partial charge in [-0.15, -0.1) is 0 Å². The highest BCUT2D eigenvalue weighted by molar-refractivity contribution is 5.63. The van der Waals surface area contributed by atoms with Crippen LogP contribution in [-0.4, -0.2) is 49.6 Å². The van der Waals surface area contributed by atoms with E-state index in [1.807, 2.05) is 60.7 Å². The van der Waals surface area contributed by atoms with Gasteiger partial charge in [0.1, 0.15) is 12.2 Å². The molecule has 0 N–H and O–H groups in total. The molecule has 0 bridgehead atoms. The molecule has 7 heteroatoms. The minimum atomic E-state index is -0.705. The second-order valence-electron chi connectivity index (χ2n) is 19.4. The number of hydrogen-bond acceptors (Lipinski definition) is 7. The first-order valence-electron chi connectivity index (χ1n) is 22.1. The van der Waals surface area contributed by atoms with E-state index in [0.717, 1.165) is 59.5 Å². The molecule has 55 heavy (non-hydrogen) atoms. The lowest BCUT2D eigenvalue weighted by molar-refractivity contribution is -0.312. The minimum absolute atomic E-state index is 0.0549. The summed E-state index contributed by atoms with van der Waals surface area (Å²) in [6, 6.07) is 20.2. The van der Waals surface area contributed by atoms with E-state index in [1.165, 1.54) is 64.2 Å². The zero-order valence-electron chi connectivity index (χ0n) is 34.2. The summed E-state index contributed by atoms with van der Waals surface area (Å²) in [6.45, 7) is 13.7. The monoisotopic (exact) mass is 756 g/mol. The van der Waals surface area contributed by atoms with Crippen molar-refractivity contribution in [2.45, 2.75) is 162 Å². The maximum atomic E-state index is 12.6. The van der Waals surface area contributed by atoms with Gasteiger partial charge in [0.25, 0.3) is 0 Å². The van der Waals surface area contributed by atoms with Crippen LogP contribution in [0.1, 0.15) is 123 Å². The van der Waals surface area contributed by atoms with Gasteiger partial charge >= 0.3 is 6.16 Å². The number of carbonyl (C=O) groups is 1. The lowest BCUT2D eigenvalue weighted by Crippen LogP contribution is -2.60. The van der Waals surface area contributed by atoms with Gasteiger partial charge in [-0.25, -0.2) is 4.79 Å². The minimum Gasteiger partial charge on any atom is -0.424 e. The number of fused-ring (bicyclic) bond motifs is 6. The van der Waals surface area contributed by atoms with Crippen LogP contribution in [0, 0.1) is 52.3 Å². The first-order valence-corrected chi connectivity index (χ1v) is 22.1. The van der Waals surface area contributed by atoms with Crippen molar-refractivity contribution in [3.05, 3.63) is 71.8 Å². The first kappa shape index (κ1) is 39.4. The van der Waals surface area contributed by atoms with Crippen LogP contribution in [0.25, 0.3) is 0 Å². The molecule has 6 fully saturated rings. The maximum Gasteiger partial charge on any atom is 0.509 e. The van der Waals surface area contributed by atoms with Crippen molar-refractivity contribution in [3.63, 3.8) is 0 Å². The summed E-state index contributed by atoms with van der Waals surface area (Å²) in [6.07, 6.45) is 12.0. The molecule has 0 radical (unpaired) electrons. The molecule has 0 amide bonds. The number of benzene rings is 2. The summed E-state index contributed by atoms with van der Waals surface area (Å²) in [4.78, 5) is 12.6. The standard InChI is InChI=1S/C48H68O7/c1-31(2)13-12-14-32(3)38-21-22-39-37-20-19-35-27-36(23-25-47(35,4)40(37)24-26-48(38,39)5)52-45-44(51-29-34-17-10-7-11-18-34)43-42(54-46(49)55-43)41(53-45)30-50-28-33-15-8-6-9-16-33/h6-11,15-18,31-32,35-45H,12-14,19-30H2,1-5H3/t32-,35+,36+,37+,38-,39+,40+,41-,42-,43+,44-,45?,47+,48-/m1/s1. The Kier molecular flexibility index (Phi) is 12.0. The van der Waals surface area contributed by atoms with Gasteiger partial charge in [-0.1, -0.05) is 115 Å². The molecule has 1 unspecified atom stereocenters. The second-order valence-corrected chi connectivity index (χ2v) is 19.4. The van der Waals surface area contributed by atoms with Gasteiger partial charge in [-0.3, -0.25) is 0 Å². The Hall–Kier alpha value is -2.45. The SMILES string of the molecule is CC(C)CCC[C@@H](C)[C@H]1CC[C@H]2[C@@H]3CC[C@H]4C[C@@H](OC5O[C@H](COCc6ccccc6)[C@H]6OC(=O)O[C@@H]6[C@H]5OCc5ccccc5)CC[C@]4(C)[C@H]3CC[C@]12C. The van der Waals surface area contributed by atoms with Crippen LogP contribution < -0.4 is 0 Å². The smallest absolute Gasteiger partial charge is 0.424 e. The van der Waals surface area contributed by atoms with E-state index >= 15 is 0 Å². The highest BCUT2D eigenvalue weighted by atomic mass is 16.8. The topological polar surface area (TPSA) is 72.5 Å². The fraction of sp³-hybridized carbons (Fsp3) is 0.729. The molecule has 14 atom stereocenters. The molecule has 2 aromatic carbocycles. The number of hydrogen-bond donors (Lipinski definition) is 0. The predicted octanol–water partition coefficient (Wildman–Crippen LogP) is 10.9. The van der Waals surface area contributed by atoms with Crippen molar-refractivity contribution >= 4 is 6.16 Å². The summed E-state index contributed by atoms with van der Waals surface area (Å²) < 4.78 is 38.0. The van der Waals surface area contributed by atoms with E-state index in [0.29, 0.717) is 30.0 Å². The summed E-state index contributed by atoms with van der Waals surface area (Å²) >= 11 is 0. The molecule has 4 aliphatic carbocycles. The molecule has 2 aromatic rings. The van der Waals surface area contributed by atoms with Crippen molar-refractivity contribution in [1.29, 1.82) is 0 Å². The Morgan fingerprint density at radius 3 is 2.20 bits per heavy atom. The van der Waals surface area contributed by atoms with Gasteiger partial charge in [0.2, 0.25) is 0 Å². The van der Waals surface area contributed by atoms with E-state index < -0.39 is 36.9 Å². The molecule has 0 spiro atoms. The van der Waals surface area contributed by atoms with Gasteiger partial charge in [0.15, 0.2) is 18.5 Å². The lowest BCUT2D eigenvalue weighted by Gasteiger charge is -2.61. The van der Waals surface area contributed by atoms with Crippen molar-refractivity contribution in [3.8, 4) is 0 Å². The molecule has 2 heterocycles. The third kappa shape index (κ3) is 8.16. The highest BCUT2D eigenvalue weighted by Crippen LogP contribution is 2.68. The van der Waals surface area contributed by atoms with Crippen molar-refractivity contribution < 1.29 is 33.2 Å². The number of carbonyl (C=O) groups excluding carboxylic acids is 1. The summed E-state index contributed by atoms with van der Waals surface area (Å²) in [7, 11) is 0. The molecular formula is C48H68O7. The Balaban J connectivity index is 0.938. The lowest BCUT2D eigenvalue weighted by atomic mass is 9.44. The summed E-state index contributed by atoms with van der Waals surface area (Å²) in [5, 5.41) is 0. The van der Waals surface area contributed by atoms with Gasteiger partial charge in [0, 0.05) is 0 Å². The quantitative estimate of drug-likeness (QED) is 0.140. The maximum absolute atomic E-state index is 12.6. The van der Waals surface area contributed by atoms with Gasteiger partial charge < -0.3 is 28.4 Å². The Bertz CT molecular complexity index is 1550. The fourth-order valence-electron chi connectivity index (χ4n) is 13.0. The number of ether oxygens (including phenoxy) is 6. The molecule has 8 rings (SSSR count). The first-order chi connectivity index (χ1) is 26.6. The zero-order valence-corrected chi connectivity index (χ0v) is 34.2. The van der Waals surface area contributed by atoms with Crippen molar-refractivity contribution in [2.24, 2.45) is 52.3 Å². The molecule has 2 saturated heterocycles. The van der Waals surface area contributed by atoms with Crippen LogP contribution in [0.3, 0.4) is 0 Å². The Morgan fingerprint density at radius 1 is 0.764 bits per heavy atom. The van der Waals surface area contributed by atoms with Crippen LogP contribution in [0.15, 0.2) is 60.7 Å². The molecule has 0 aromatic heterocycles. The Labute approximate surface area is 330 Å². The molecule has 302 valence electrons. The number of rotatable bonds is 14. The zero-order chi connectivity index (χ0) is 38.2. The largest absolute Gasteiger partial charge is 0.509 e. The fourth-order valence-corrected chi connectivity index (χ4v) is 13.0. The van der Waals surface area contributed by atoms with Crippen molar-refractivity contribution in [1.82, 2.24) is 0 Å². The molecule has 4 saturated carbocycles. The van der Waals surface area contributed by atoms with E-state index in [-0.39, 0.29) is 12.7 Å². The van der Waals surface area contributed by atoms with Gasteiger partial charge in [-0.2, -0.15) is 0 Å². The van der Waals surface area contributed by atoms with Crippen LogP contribution in [-0.2, 0) is 41.6 Å². The average Bonchev–Trinajstić information content (AvgIpc) is 3.75. The average molecular weight is 757 g/mol. The van der Waals surface area contributed by atoms with Crippen LogP contribution in [0.5, 0.6) is 0 Å². The van der Waals surface area contributed by atoms with E-state index in [2.05, 4.69) is 34.6 Å². The third-order valence-corrected chi connectivity index (χ3v) is 15.9. The van der Waals surface area contributed by atoms with Gasteiger partial charge in [-0.05, 0) is 121 Å². The highest BCUT2D eigenvalue weighted by Gasteiger charge is 2.61. The van der Waals surface area contributed by atoms with E-state index in [9.17, 15) is 4.79 Å². The predicted molar refractivity (Wildman–Crippen MR) is 213 cm³/mol. The van der Waals surface area contributed by atoms with Crippen molar-refractivity contribution in [2.75, 3.05) is 6.61 Å². The second kappa shape index (κ2) is 16.8. The van der Waals surface area contributed by atoms with Gasteiger partial charge in [0.05, 0.1) is 25.9 Å². The van der Waals surface area contributed by atoms with E-state index in [1.54, 1.807) is 0 Å². The summed E-state index contributed by atoms with van der Waals surface area (Å²) in [5.41, 5.74) is 2.99. The van der Waals surface area contributed by atoms with E-state index in [4.69, 9.17) is 28.4 Å². The van der Waals surface area contributed by atoms with Crippen LogP contribution in [0.2, 0.25) is 0 Å². The Morgan fingerprint density at radius 2 is 1.45 bits per heavy atom. The normalized spacial score (nSPS) is 40.0. The summed E-state index contributed by atoms with van der Waals surface area (Å²) in [5.74, 6) is 5.76. The third-order valence-electron chi connectivity index (χ3n) is 15.9. The van der Waals surface area contributed by atoms with Crippen LogP contribution in [0.4, 0.5) is 4.79 Å². The molecule has 6 aliphatic rings. The molecular weight excluding hydrogens is 689 g/mol. The van der Waals surface area contributed by atoms with Crippen LogP contribution >= 0.6 is 0 Å².